The molecule has 3 aromatic rings. The van der Waals surface area contributed by atoms with Crippen LogP contribution >= 0.6 is 23.4 Å². The van der Waals surface area contributed by atoms with E-state index in [-0.39, 0.29) is 16.3 Å². The molecule has 0 saturated heterocycles. The van der Waals surface area contributed by atoms with E-state index >= 15 is 0 Å². The van der Waals surface area contributed by atoms with Crippen LogP contribution < -0.4 is 4.90 Å². The Morgan fingerprint density at radius 2 is 1.56 bits per heavy atom. The molecule has 0 N–H and O–H groups in total. The molecule has 0 fully saturated rings. The molecular weight excluding hydrogens is 395 g/mol. The smallest absolute Gasteiger partial charge is 0.275 e. The molecule has 0 radical (unpaired) electrons. The molecule has 7 heteroatoms. The highest BCUT2D eigenvalue weighted by molar-refractivity contribution is 7.99. The van der Waals surface area contributed by atoms with Gasteiger partial charge in [-0.05, 0) is 42.5 Å². The molecule has 4 rings (SSSR count). The van der Waals surface area contributed by atoms with E-state index in [1.165, 1.54) is 22.7 Å². The lowest BCUT2D eigenvalue weighted by Crippen LogP contribution is -2.29. The summed E-state index contributed by atoms with van der Waals surface area (Å²) in [4.78, 5) is 15.9. The monoisotopic (exact) mass is 405 g/mol. The third-order valence-corrected chi connectivity index (χ3v) is 5.62. The maximum absolute atomic E-state index is 13.3. The normalized spacial score (nSPS) is 13.1. The van der Waals surface area contributed by atoms with Crippen molar-refractivity contribution in [2.45, 2.75) is 16.0 Å². The van der Waals surface area contributed by atoms with E-state index in [2.05, 4.69) is 0 Å². The van der Waals surface area contributed by atoms with Crippen molar-refractivity contribution in [3.8, 4) is 0 Å². The number of alkyl halides is 3. The average molecular weight is 406 g/mol. The Labute approximate surface area is 162 Å². The summed E-state index contributed by atoms with van der Waals surface area (Å²) in [6, 6.07) is 17.0. The maximum atomic E-state index is 13.3. The van der Waals surface area contributed by atoms with E-state index in [9.17, 15) is 18.0 Å². The minimum atomic E-state index is -4.50. The quantitative estimate of drug-likeness (QED) is 0.443. The van der Waals surface area contributed by atoms with E-state index < -0.39 is 17.6 Å². The van der Waals surface area contributed by atoms with Gasteiger partial charge in [0.2, 0.25) is 0 Å². The largest absolute Gasteiger partial charge is 0.416 e. The van der Waals surface area contributed by atoms with Gasteiger partial charge in [-0.1, -0.05) is 47.6 Å². The van der Waals surface area contributed by atoms with Gasteiger partial charge in [0.1, 0.15) is 0 Å². The molecule has 1 aliphatic heterocycles. The molecule has 136 valence electrons. The molecule has 27 heavy (non-hydrogen) atoms. The van der Waals surface area contributed by atoms with Gasteiger partial charge in [-0.3, -0.25) is 9.69 Å². The predicted octanol–water partition coefficient (Wildman–Crippen LogP) is 6.80. The lowest BCUT2D eigenvalue weighted by molar-refractivity contribution is -0.137. The van der Waals surface area contributed by atoms with E-state index in [0.29, 0.717) is 10.6 Å². The van der Waals surface area contributed by atoms with Crippen LogP contribution in [0.2, 0.25) is 5.02 Å². The number of benzene rings is 3. The van der Waals surface area contributed by atoms with Crippen molar-refractivity contribution in [3.63, 3.8) is 0 Å². The summed E-state index contributed by atoms with van der Waals surface area (Å²) in [6.45, 7) is 0. The van der Waals surface area contributed by atoms with Gasteiger partial charge in [0.25, 0.3) is 5.91 Å². The Morgan fingerprint density at radius 3 is 2.30 bits per heavy atom. The fourth-order valence-corrected chi connectivity index (χ4v) is 4.16. The number of hydrogen-bond donors (Lipinski definition) is 0. The van der Waals surface area contributed by atoms with Gasteiger partial charge in [0.05, 0.1) is 27.5 Å². The number of rotatable bonds is 1. The highest BCUT2D eigenvalue weighted by Gasteiger charge is 2.35. The van der Waals surface area contributed by atoms with Gasteiger partial charge < -0.3 is 0 Å². The lowest BCUT2D eigenvalue weighted by atomic mass is 10.1. The first-order valence-corrected chi connectivity index (χ1v) is 9.13. The van der Waals surface area contributed by atoms with Gasteiger partial charge in [0, 0.05) is 9.79 Å². The van der Waals surface area contributed by atoms with Crippen molar-refractivity contribution in [2.24, 2.45) is 0 Å². The third-order valence-electron chi connectivity index (χ3n) is 4.16. The number of para-hydroxylation sites is 1. The van der Waals surface area contributed by atoms with E-state index in [0.717, 1.165) is 17.0 Å². The van der Waals surface area contributed by atoms with Gasteiger partial charge >= 0.3 is 6.18 Å². The van der Waals surface area contributed by atoms with Crippen LogP contribution in [0.1, 0.15) is 15.9 Å². The van der Waals surface area contributed by atoms with Crippen LogP contribution in [0.3, 0.4) is 0 Å². The standard InChI is InChI=1S/C20H11ClF3NOS/c21-14-6-2-1-5-13(14)19(26)25-15-7-3-4-8-17(15)27-18-10-9-12(11-16(18)25)20(22,23)24/h1-11H. The number of carbonyl (C=O) groups excluding carboxylic acids is 1. The molecule has 3 aromatic carbocycles. The van der Waals surface area contributed by atoms with Crippen molar-refractivity contribution >= 4 is 40.6 Å². The first-order chi connectivity index (χ1) is 12.9. The minimum Gasteiger partial charge on any atom is -0.275 e. The summed E-state index contributed by atoms with van der Waals surface area (Å²) >= 11 is 7.49. The number of amides is 1. The van der Waals surface area contributed by atoms with Crippen LogP contribution in [-0.2, 0) is 6.18 Å². The second-order valence-corrected chi connectivity index (χ2v) is 7.36. The maximum Gasteiger partial charge on any atom is 0.416 e. The van der Waals surface area contributed by atoms with E-state index in [4.69, 9.17) is 11.6 Å². The molecule has 0 saturated carbocycles. The van der Waals surface area contributed by atoms with Gasteiger partial charge in [-0.15, -0.1) is 0 Å². The Morgan fingerprint density at radius 1 is 0.889 bits per heavy atom. The second kappa shape index (κ2) is 6.62. The topological polar surface area (TPSA) is 20.3 Å². The number of nitrogens with zero attached hydrogens (tertiary/aromatic N) is 1. The molecule has 0 atom stereocenters. The Bertz CT molecular complexity index is 1050. The Kier molecular flexibility index (Phi) is 4.40. The van der Waals surface area contributed by atoms with Gasteiger partial charge in [0.15, 0.2) is 0 Å². The van der Waals surface area contributed by atoms with Crippen LogP contribution in [0.5, 0.6) is 0 Å². The highest BCUT2D eigenvalue weighted by Crippen LogP contribution is 2.50. The fourth-order valence-electron chi connectivity index (χ4n) is 2.91. The lowest BCUT2D eigenvalue weighted by Gasteiger charge is -2.32. The summed E-state index contributed by atoms with van der Waals surface area (Å²) in [5.74, 6) is -0.478. The van der Waals surface area contributed by atoms with Crippen LogP contribution in [-0.4, -0.2) is 5.91 Å². The molecule has 0 aromatic heterocycles. The SMILES string of the molecule is O=C(c1ccccc1Cl)N1c2ccccc2Sc2ccc(C(F)(F)F)cc21. The average Bonchev–Trinajstić information content (AvgIpc) is 2.64. The molecule has 1 aliphatic rings. The van der Waals surface area contributed by atoms with Crippen LogP contribution in [0.4, 0.5) is 24.5 Å². The van der Waals surface area contributed by atoms with Crippen LogP contribution in [0, 0.1) is 0 Å². The highest BCUT2D eigenvalue weighted by atomic mass is 35.5. The van der Waals surface area contributed by atoms with Gasteiger partial charge in [-0.2, -0.15) is 13.2 Å². The molecule has 0 bridgehead atoms. The summed E-state index contributed by atoms with van der Waals surface area (Å²) in [7, 11) is 0. The Balaban J connectivity index is 1.93. The van der Waals surface area contributed by atoms with Crippen LogP contribution in [0.25, 0.3) is 0 Å². The summed E-state index contributed by atoms with van der Waals surface area (Å²) in [5.41, 5.74) is 0.139. The predicted molar refractivity (Wildman–Crippen MR) is 99.9 cm³/mol. The van der Waals surface area contributed by atoms with Gasteiger partial charge in [-0.25, -0.2) is 0 Å². The van der Waals surface area contributed by atoms with Crippen molar-refractivity contribution in [1.29, 1.82) is 0 Å². The molecule has 1 heterocycles. The third kappa shape index (κ3) is 3.19. The van der Waals surface area contributed by atoms with Crippen molar-refractivity contribution in [3.05, 3.63) is 82.9 Å². The molecular formula is C20H11ClF3NOS. The zero-order chi connectivity index (χ0) is 19.2. The van der Waals surface area contributed by atoms with Crippen molar-refractivity contribution in [1.82, 2.24) is 0 Å². The first-order valence-electron chi connectivity index (χ1n) is 7.93. The molecule has 0 aliphatic carbocycles. The summed E-state index contributed by atoms with van der Waals surface area (Å²) in [6.07, 6.45) is -4.50. The van der Waals surface area contributed by atoms with E-state index in [1.807, 2.05) is 12.1 Å². The fraction of sp³-hybridized carbons (Fsp3) is 0.0500. The molecule has 1 amide bonds. The number of halogens is 4. The van der Waals surface area contributed by atoms with Crippen LogP contribution in [0.15, 0.2) is 76.5 Å². The zero-order valence-corrected chi connectivity index (χ0v) is 15.2. The Hall–Kier alpha value is -2.44. The second-order valence-electron chi connectivity index (χ2n) is 5.87. The number of carbonyl (C=O) groups is 1. The molecule has 2 nitrogen and oxygen atoms in total. The van der Waals surface area contributed by atoms with Crippen molar-refractivity contribution in [2.75, 3.05) is 4.90 Å². The van der Waals surface area contributed by atoms with Crippen molar-refractivity contribution < 1.29 is 18.0 Å². The molecule has 0 spiro atoms. The minimum absolute atomic E-state index is 0.193. The summed E-state index contributed by atoms with van der Waals surface area (Å²) < 4.78 is 39.7. The first kappa shape index (κ1) is 17.9. The molecule has 0 unspecified atom stereocenters. The number of fused-ring (bicyclic) bond motifs is 2. The number of anilines is 2. The summed E-state index contributed by atoms with van der Waals surface area (Å²) in [5, 5.41) is 0.242. The zero-order valence-electron chi connectivity index (χ0n) is 13.6. The number of hydrogen-bond acceptors (Lipinski definition) is 2. The van der Waals surface area contributed by atoms with E-state index in [1.54, 1.807) is 36.4 Å².